The van der Waals surface area contributed by atoms with Crippen molar-refractivity contribution in [3.63, 3.8) is 0 Å². The number of ether oxygens (including phenoxy) is 2. The highest BCUT2D eigenvalue weighted by Crippen LogP contribution is 2.28. The summed E-state index contributed by atoms with van der Waals surface area (Å²) in [5.74, 6) is -0.987. The second-order valence-electron chi connectivity index (χ2n) is 6.95. The van der Waals surface area contributed by atoms with Gasteiger partial charge in [0, 0.05) is 0 Å². The van der Waals surface area contributed by atoms with Gasteiger partial charge in [0.2, 0.25) is 0 Å². The van der Waals surface area contributed by atoms with Gasteiger partial charge >= 0.3 is 11.9 Å². The van der Waals surface area contributed by atoms with Crippen molar-refractivity contribution in [3.8, 4) is 0 Å². The molecule has 0 aliphatic heterocycles. The quantitative estimate of drug-likeness (QED) is 0.398. The van der Waals surface area contributed by atoms with Crippen LogP contribution in [0.2, 0.25) is 0 Å². The number of thiophene rings is 1. The number of rotatable bonds is 8. The minimum absolute atomic E-state index is 0.144. The third-order valence-electron chi connectivity index (χ3n) is 4.77. The molecule has 0 saturated heterocycles. The number of benzene rings is 1. The molecule has 3 aromatic rings. The summed E-state index contributed by atoms with van der Waals surface area (Å²) in [6, 6.07) is 8.56. The van der Waals surface area contributed by atoms with E-state index in [4.69, 9.17) is 9.47 Å². The lowest BCUT2D eigenvalue weighted by Crippen LogP contribution is -2.29. The van der Waals surface area contributed by atoms with Gasteiger partial charge in [-0.15, -0.1) is 11.3 Å². The smallest absolute Gasteiger partial charge is 0.349 e. The lowest BCUT2D eigenvalue weighted by molar-refractivity contribution is -0.147. The van der Waals surface area contributed by atoms with Gasteiger partial charge in [-0.05, 0) is 31.4 Å². The summed E-state index contributed by atoms with van der Waals surface area (Å²) < 4.78 is 11.9. The maximum atomic E-state index is 13.0. The van der Waals surface area contributed by atoms with E-state index in [2.05, 4.69) is 4.98 Å². The van der Waals surface area contributed by atoms with Crippen LogP contribution in [0.5, 0.6) is 0 Å². The summed E-state index contributed by atoms with van der Waals surface area (Å²) in [6.45, 7) is 5.75. The molecule has 0 radical (unpaired) electrons. The Bertz CT molecular complexity index is 1100. The zero-order chi connectivity index (χ0) is 21.7. The monoisotopic (exact) mass is 428 g/mol. The molecule has 2 heterocycles. The number of unbranched alkanes of at least 4 members (excludes halogenated alkanes) is 1. The Kier molecular flexibility index (Phi) is 6.99. The van der Waals surface area contributed by atoms with Crippen molar-refractivity contribution in [3.05, 3.63) is 63.0 Å². The maximum Gasteiger partial charge on any atom is 0.349 e. The summed E-state index contributed by atoms with van der Waals surface area (Å²) in [5.41, 5.74) is 1.00. The second-order valence-corrected chi connectivity index (χ2v) is 7.95. The average molecular weight is 429 g/mol. The number of nitrogens with zero attached hydrogens (tertiary/aromatic N) is 2. The van der Waals surface area contributed by atoms with Crippen LogP contribution in [-0.2, 0) is 20.9 Å². The highest BCUT2D eigenvalue weighted by atomic mass is 32.1. The summed E-state index contributed by atoms with van der Waals surface area (Å²) >= 11 is 1.11. The van der Waals surface area contributed by atoms with Crippen LogP contribution in [0.3, 0.4) is 0 Å². The van der Waals surface area contributed by atoms with Gasteiger partial charge in [0.15, 0.2) is 0 Å². The van der Waals surface area contributed by atoms with Crippen LogP contribution in [0.25, 0.3) is 10.2 Å². The number of aryl methyl sites for hydroxylation is 1. The van der Waals surface area contributed by atoms with Crippen molar-refractivity contribution in [2.24, 2.45) is 0 Å². The third kappa shape index (κ3) is 4.59. The Morgan fingerprint density at radius 1 is 1.20 bits per heavy atom. The minimum atomic E-state index is -0.806. The van der Waals surface area contributed by atoms with Crippen LogP contribution in [0.4, 0.5) is 0 Å². The van der Waals surface area contributed by atoms with E-state index in [1.54, 1.807) is 13.8 Å². The first kappa shape index (κ1) is 21.7. The van der Waals surface area contributed by atoms with Crippen molar-refractivity contribution in [2.45, 2.75) is 46.3 Å². The molecule has 0 amide bonds. The highest BCUT2D eigenvalue weighted by Gasteiger charge is 2.24. The van der Waals surface area contributed by atoms with E-state index in [1.807, 2.05) is 37.3 Å². The zero-order valence-electron chi connectivity index (χ0n) is 17.2. The van der Waals surface area contributed by atoms with Crippen LogP contribution in [0.1, 0.15) is 53.5 Å². The van der Waals surface area contributed by atoms with Gasteiger partial charge in [0.1, 0.15) is 22.4 Å². The van der Waals surface area contributed by atoms with Crippen LogP contribution >= 0.6 is 11.3 Å². The van der Waals surface area contributed by atoms with Crippen molar-refractivity contribution < 1.29 is 19.1 Å². The van der Waals surface area contributed by atoms with Gasteiger partial charge in [0.25, 0.3) is 5.56 Å². The van der Waals surface area contributed by atoms with E-state index < -0.39 is 18.0 Å². The fourth-order valence-corrected chi connectivity index (χ4v) is 3.98. The molecule has 0 bridgehead atoms. The highest BCUT2D eigenvalue weighted by molar-refractivity contribution is 7.20. The third-order valence-corrected chi connectivity index (χ3v) is 5.95. The number of hydrogen-bond donors (Lipinski definition) is 0. The average Bonchev–Trinajstić information content (AvgIpc) is 3.10. The van der Waals surface area contributed by atoms with Gasteiger partial charge in [-0.2, -0.15) is 0 Å². The second kappa shape index (κ2) is 9.67. The maximum absolute atomic E-state index is 13.0. The number of esters is 2. The Morgan fingerprint density at radius 3 is 2.63 bits per heavy atom. The molecular weight excluding hydrogens is 404 g/mol. The van der Waals surface area contributed by atoms with Crippen LogP contribution in [0, 0.1) is 6.92 Å². The van der Waals surface area contributed by atoms with Crippen molar-refractivity contribution in [2.75, 3.05) is 6.61 Å². The SMILES string of the molecule is CCCCOC(=O)C(C)n1cnc2sc(C(=O)OCc3ccccc3)c(C)c2c1=O. The fraction of sp³-hybridized carbons (Fsp3) is 0.364. The number of fused-ring (bicyclic) bond motifs is 1. The molecule has 0 aliphatic carbocycles. The molecule has 8 heteroatoms. The molecule has 1 aromatic carbocycles. The van der Waals surface area contributed by atoms with E-state index in [-0.39, 0.29) is 12.2 Å². The molecular formula is C22H24N2O5S. The number of carbonyl (C=O) groups is 2. The van der Waals surface area contributed by atoms with Crippen LogP contribution in [0.15, 0.2) is 41.5 Å². The van der Waals surface area contributed by atoms with E-state index in [1.165, 1.54) is 10.9 Å². The van der Waals surface area contributed by atoms with E-state index >= 15 is 0 Å². The summed E-state index contributed by atoms with van der Waals surface area (Å²) in [4.78, 5) is 42.9. The molecule has 1 unspecified atom stereocenters. The lowest BCUT2D eigenvalue weighted by Gasteiger charge is -2.14. The van der Waals surface area contributed by atoms with E-state index in [9.17, 15) is 14.4 Å². The van der Waals surface area contributed by atoms with Gasteiger partial charge < -0.3 is 9.47 Å². The Labute approximate surface area is 178 Å². The van der Waals surface area contributed by atoms with Gasteiger partial charge in [-0.1, -0.05) is 43.7 Å². The number of aromatic nitrogens is 2. The van der Waals surface area contributed by atoms with Gasteiger partial charge in [0.05, 0.1) is 18.3 Å². The predicted molar refractivity (Wildman–Crippen MR) is 115 cm³/mol. The molecule has 0 N–H and O–H groups in total. The van der Waals surface area contributed by atoms with Crippen molar-refractivity contribution in [1.82, 2.24) is 9.55 Å². The molecule has 158 valence electrons. The molecule has 0 spiro atoms. The van der Waals surface area contributed by atoms with Gasteiger partial charge in [-0.3, -0.25) is 9.36 Å². The molecule has 2 aromatic heterocycles. The largest absolute Gasteiger partial charge is 0.464 e. The van der Waals surface area contributed by atoms with E-state index in [0.29, 0.717) is 27.3 Å². The summed E-state index contributed by atoms with van der Waals surface area (Å²) in [7, 11) is 0. The summed E-state index contributed by atoms with van der Waals surface area (Å²) in [6.07, 6.45) is 3.00. The van der Waals surface area contributed by atoms with Gasteiger partial charge in [-0.25, -0.2) is 14.6 Å². The van der Waals surface area contributed by atoms with Crippen LogP contribution in [-0.4, -0.2) is 28.1 Å². The molecule has 1 atom stereocenters. The Balaban J connectivity index is 1.83. The molecule has 30 heavy (non-hydrogen) atoms. The lowest BCUT2D eigenvalue weighted by atomic mass is 10.2. The topological polar surface area (TPSA) is 87.5 Å². The first-order chi connectivity index (χ1) is 14.4. The predicted octanol–water partition coefficient (Wildman–Crippen LogP) is 4.03. The van der Waals surface area contributed by atoms with Crippen molar-refractivity contribution >= 4 is 33.5 Å². The molecule has 0 saturated carbocycles. The van der Waals surface area contributed by atoms with Crippen LogP contribution < -0.4 is 5.56 Å². The van der Waals surface area contributed by atoms with Crippen molar-refractivity contribution in [1.29, 1.82) is 0 Å². The first-order valence-electron chi connectivity index (χ1n) is 9.82. The Morgan fingerprint density at radius 2 is 1.93 bits per heavy atom. The molecule has 0 fully saturated rings. The number of hydrogen-bond acceptors (Lipinski definition) is 7. The van der Waals surface area contributed by atoms with E-state index in [0.717, 1.165) is 29.7 Å². The molecule has 3 rings (SSSR count). The fourth-order valence-electron chi connectivity index (χ4n) is 2.95. The minimum Gasteiger partial charge on any atom is -0.464 e. The molecule has 0 aliphatic rings. The molecule has 7 nitrogen and oxygen atoms in total. The zero-order valence-corrected chi connectivity index (χ0v) is 18.0. The normalized spacial score (nSPS) is 12.0. The number of carbonyl (C=O) groups excluding carboxylic acids is 2. The Hall–Kier alpha value is -3.00. The standard InChI is InChI=1S/C22H24N2O5S/c1-4-5-11-28-21(26)15(3)24-13-23-19-17(20(24)25)14(2)18(30-19)22(27)29-12-16-9-7-6-8-10-16/h6-10,13,15H,4-5,11-12H2,1-3H3. The first-order valence-corrected chi connectivity index (χ1v) is 10.6. The summed E-state index contributed by atoms with van der Waals surface area (Å²) in [5, 5.41) is 0.322.